The van der Waals surface area contributed by atoms with Crippen molar-refractivity contribution < 1.29 is 0 Å². The predicted molar refractivity (Wildman–Crippen MR) is 47.4 cm³/mol. The van der Waals surface area contributed by atoms with Gasteiger partial charge in [0.25, 0.3) is 0 Å². The van der Waals surface area contributed by atoms with E-state index in [1.807, 2.05) is 0 Å². The molecule has 0 aromatic heterocycles. The minimum absolute atomic E-state index is 1.23. The maximum atomic E-state index is 2.24. The van der Waals surface area contributed by atoms with Gasteiger partial charge in [0.05, 0.1) is 0 Å². The topological polar surface area (TPSA) is 0 Å². The first-order chi connectivity index (χ1) is 5.36. The van der Waals surface area contributed by atoms with Gasteiger partial charge < -0.3 is 0 Å². The molecule has 0 heteroatoms. The molecule has 1 aliphatic carbocycles. The second kappa shape index (κ2) is 2.69. The molecule has 1 saturated carbocycles. The van der Waals surface area contributed by atoms with Crippen LogP contribution < -0.4 is 0 Å². The van der Waals surface area contributed by atoms with Crippen LogP contribution in [0, 0.1) is 12.8 Å². The molecule has 0 nitrogen and oxygen atoms in total. The van der Waals surface area contributed by atoms with E-state index in [1.165, 1.54) is 30.4 Å². The summed E-state index contributed by atoms with van der Waals surface area (Å²) in [5.41, 5.74) is 2.95. The highest BCUT2D eigenvalue weighted by molar-refractivity contribution is 5.30. The lowest BCUT2D eigenvalue weighted by Crippen LogP contribution is -1.88. The van der Waals surface area contributed by atoms with Crippen LogP contribution in [0.4, 0.5) is 0 Å². The molecule has 0 spiro atoms. The largest absolute Gasteiger partial charge is 0.0620 e. The summed E-state index contributed by atoms with van der Waals surface area (Å²) >= 11 is 0. The van der Waals surface area contributed by atoms with E-state index in [0.29, 0.717) is 0 Å². The van der Waals surface area contributed by atoms with Crippen molar-refractivity contribution in [2.45, 2.75) is 26.2 Å². The van der Waals surface area contributed by atoms with Crippen molar-refractivity contribution in [3.05, 3.63) is 41.3 Å². The molecule has 57 valence electrons. The molecule has 1 radical (unpaired) electrons. The number of aryl methyl sites for hydroxylation is 1. The minimum atomic E-state index is 1.23. The molecule has 1 aromatic carbocycles. The Kier molecular flexibility index (Phi) is 1.69. The molecule has 0 amide bonds. The summed E-state index contributed by atoms with van der Waals surface area (Å²) in [4.78, 5) is 0. The molecule has 0 heterocycles. The highest BCUT2D eigenvalue weighted by atomic mass is 14.3. The molecule has 0 aliphatic heterocycles. The molecule has 0 bridgehead atoms. The molecule has 0 unspecified atom stereocenters. The van der Waals surface area contributed by atoms with E-state index < -0.39 is 0 Å². The van der Waals surface area contributed by atoms with E-state index >= 15 is 0 Å². The van der Waals surface area contributed by atoms with Crippen LogP contribution in [0.25, 0.3) is 0 Å². The molecule has 1 aliphatic rings. The fourth-order valence-electron chi connectivity index (χ4n) is 1.34. The standard InChI is InChI=1S/C11H13/c1-9-4-2-3-5-11(9)8-10-6-7-10/h2-5H,6-8H2,1H3. The van der Waals surface area contributed by atoms with Crippen LogP contribution >= 0.6 is 0 Å². The van der Waals surface area contributed by atoms with Crippen molar-refractivity contribution in [2.75, 3.05) is 0 Å². The average molecular weight is 145 g/mol. The summed E-state index contributed by atoms with van der Waals surface area (Å²) in [6.45, 7) is 2.19. The van der Waals surface area contributed by atoms with Crippen LogP contribution in [-0.2, 0) is 6.42 Å². The van der Waals surface area contributed by atoms with E-state index in [-0.39, 0.29) is 0 Å². The van der Waals surface area contributed by atoms with E-state index in [1.54, 1.807) is 5.92 Å². The Hall–Kier alpha value is -0.780. The summed E-state index contributed by atoms with van der Waals surface area (Å²) in [6.07, 6.45) is 3.97. The maximum absolute atomic E-state index is 2.24. The third-order valence-electron chi connectivity index (χ3n) is 2.31. The van der Waals surface area contributed by atoms with E-state index in [4.69, 9.17) is 0 Å². The van der Waals surface area contributed by atoms with Gasteiger partial charge in [-0.2, -0.15) is 0 Å². The zero-order valence-corrected chi connectivity index (χ0v) is 6.93. The van der Waals surface area contributed by atoms with Crippen molar-refractivity contribution in [1.29, 1.82) is 0 Å². The predicted octanol–water partition coefficient (Wildman–Crippen LogP) is 2.91. The quantitative estimate of drug-likeness (QED) is 0.600. The van der Waals surface area contributed by atoms with Crippen molar-refractivity contribution in [3.8, 4) is 0 Å². The Labute approximate surface area is 68.3 Å². The molecule has 0 N–H and O–H groups in total. The summed E-state index contributed by atoms with van der Waals surface area (Å²) in [5, 5.41) is 0. The second-order valence-electron chi connectivity index (χ2n) is 3.35. The fourth-order valence-corrected chi connectivity index (χ4v) is 1.34. The van der Waals surface area contributed by atoms with Crippen LogP contribution in [-0.4, -0.2) is 0 Å². The first-order valence-electron chi connectivity index (χ1n) is 4.24. The monoisotopic (exact) mass is 145 g/mol. The van der Waals surface area contributed by atoms with Gasteiger partial charge in [-0.25, -0.2) is 0 Å². The highest BCUT2D eigenvalue weighted by Crippen LogP contribution is 2.35. The zero-order chi connectivity index (χ0) is 7.68. The Balaban J connectivity index is 2.15. The summed E-state index contributed by atoms with van der Waals surface area (Å²) in [6, 6.07) is 8.67. The average Bonchev–Trinajstić information content (AvgIpc) is 2.78. The summed E-state index contributed by atoms with van der Waals surface area (Å²) < 4.78 is 0. The van der Waals surface area contributed by atoms with Gasteiger partial charge in [0, 0.05) is 0 Å². The summed E-state index contributed by atoms with van der Waals surface area (Å²) in [7, 11) is 0. The molecule has 2 rings (SSSR count). The third-order valence-corrected chi connectivity index (χ3v) is 2.31. The third kappa shape index (κ3) is 1.62. The lowest BCUT2D eigenvalue weighted by Gasteiger charge is -2.02. The van der Waals surface area contributed by atoms with E-state index in [2.05, 4.69) is 31.2 Å². The van der Waals surface area contributed by atoms with Gasteiger partial charge in [-0.3, -0.25) is 0 Å². The van der Waals surface area contributed by atoms with Crippen molar-refractivity contribution >= 4 is 0 Å². The Morgan fingerprint density at radius 3 is 2.55 bits per heavy atom. The molecule has 11 heavy (non-hydrogen) atoms. The zero-order valence-electron chi connectivity index (χ0n) is 6.93. The van der Waals surface area contributed by atoms with E-state index in [9.17, 15) is 0 Å². The van der Waals surface area contributed by atoms with Gasteiger partial charge in [-0.15, -0.1) is 0 Å². The van der Waals surface area contributed by atoms with Crippen molar-refractivity contribution in [2.24, 2.45) is 0 Å². The number of hydrogen-bond acceptors (Lipinski definition) is 0. The Bertz CT molecular complexity index is 246. The van der Waals surface area contributed by atoms with Gasteiger partial charge >= 0.3 is 0 Å². The maximum Gasteiger partial charge on any atom is -0.0197 e. The number of rotatable bonds is 2. The lowest BCUT2D eigenvalue weighted by atomic mass is 10.0. The molecular weight excluding hydrogens is 132 g/mol. The van der Waals surface area contributed by atoms with Gasteiger partial charge in [0.15, 0.2) is 0 Å². The van der Waals surface area contributed by atoms with Gasteiger partial charge in [-0.1, -0.05) is 24.3 Å². The van der Waals surface area contributed by atoms with Crippen LogP contribution in [0.3, 0.4) is 0 Å². The van der Waals surface area contributed by atoms with Crippen LogP contribution in [0.5, 0.6) is 0 Å². The SMILES string of the molecule is Cc1ccccc1C[C]1CC1. The van der Waals surface area contributed by atoms with Crippen molar-refractivity contribution in [1.82, 2.24) is 0 Å². The Morgan fingerprint density at radius 1 is 1.18 bits per heavy atom. The highest BCUT2D eigenvalue weighted by Gasteiger charge is 2.22. The van der Waals surface area contributed by atoms with Crippen LogP contribution in [0.15, 0.2) is 24.3 Å². The van der Waals surface area contributed by atoms with E-state index in [0.717, 1.165) is 0 Å². The molecule has 0 atom stereocenters. The van der Waals surface area contributed by atoms with Gasteiger partial charge in [0.1, 0.15) is 0 Å². The number of hydrogen-bond donors (Lipinski definition) is 0. The van der Waals surface area contributed by atoms with Crippen molar-refractivity contribution in [3.63, 3.8) is 0 Å². The van der Waals surface area contributed by atoms with Gasteiger partial charge in [0.2, 0.25) is 0 Å². The smallest absolute Gasteiger partial charge is 0.0197 e. The molecule has 0 saturated heterocycles. The first-order valence-corrected chi connectivity index (χ1v) is 4.24. The van der Waals surface area contributed by atoms with Crippen LogP contribution in [0.1, 0.15) is 24.0 Å². The second-order valence-corrected chi connectivity index (χ2v) is 3.35. The molecule has 1 aromatic rings. The molecular formula is C11H13. The lowest BCUT2D eigenvalue weighted by molar-refractivity contribution is 1.09. The number of benzene rings is 1. The van der Waals surface area contributed by atoms with Gasteiger partial charge in [-0.05, 0) is 43.2 Å². The molecule has 1 fully saturated rings. The first kappa shape index (κ1) is 6.90. The normalized spacial score (nSPS) is 16.8. The van der Waals surface area contributed by atoms with Crippen LogP contribution in [0.2, 0.25) is 0 Å². The Morgan fingerprint density at radius 2 is 1.91 bits per heavy atom. The fraction of sp³-hybridized carbons (Fsp3) is 0.364. The minimum Gasteiger partial charge on any atom is -0.0620 e. The summed E-state index contributed by atoms with van der Waals surface area (Å²) in [5.74, 6) is 1.72.